The molecule has 5 aliphatic rings. The van der Waals surface area contributed by atoms with Crippen LogP contribution in [0.5, 0.6) is 17.2 Å². The molecule has 1 spiro atoms. The first-order valence-electron chi connectivity index (χ1n) is 22.2. The van der Waals surface area contributed by atoms with Gasteiger partial charge in [-0.3, -0.25) is 19.8 Å². The van der Waals surface area contributed by atoms with Gasteiger partial charge in [0.05, 0.1) is 33.7 Å². The summed E-state index contributed by atoms with van der Waals surface area (Å²) in [5, 5.41) is 26.3. The quantitative estimate of drug-likeness (QED) is 0.0782. The van der Waals surface area contributed by atoms with Gasteiger partial charge in [-0.15, -0.1) is 0 Å². The highest BCUT2D eigenvalue weighted by molar-refractivity contribution is 7.90. The van der Waals surface area contributed by atoms with Crippen LogP contribution < -0.4 is 24.4 Å². The molecule has 5 aromatic rings. The molecule has 5 heterocycles. The number of nitro groups is 1. The maximum atomic E-state index is 14.1. The van der Waals surface area contributed by atoms with Crippen molar-refractivity contribution >= 4 is 44.0 Å². The van der Waals surface area contributed by atoms with Gasteiger partial charge in [-0.25, -0.2) is 18.1 Å². The molecule has 2 aromatic heterocycles. The number of benzene rings is 3. The third-order valence-corrected chi connectivity index (χ3v) is 15.8. The predicted molar refractivity (Wildman–Crippen MR) is 238 cm³/mol. The second-order valence-electron chi connectivity index (χ2n) is 18.3. The number of sulfonamides is 1. The van der Waals surface area contributed by atoms with Gasteiger partial charge in [-0.05, 0) is 124 Å². The third-order valence-electron chi connectivity index (χ3n) is 14.5. The molecule has 2 aliphatic carbocycles. The first-order chi connectivity index (χ1) is 30.4. The van der Waals surface area contributed by atoms with Crippen LogP contribution in [0.15, 0.2) is 84.0 Å². The fourth-order valence-corrected chi connectivity index (χ4v) is 12.0. The Hall–Kier alpha value is -5.71. The summed E-state index contributed by atoms with van der Waals surface area (Å²) in [4.78, 5) is 37.8. The second kappa shape index (κ2) is 16.4. The number of aliphatic hydroxyl groups is 1. The zero-order valence-electron chi connectivity index (χ0n) is 35.3. The molecule has 0 unspecified atom stereocenters. The number of amides is 1. The van der Waals surface area contributed by atoms with Gasteiger partial charge >= 0.3 is 0 Å². The van der Waals surface area contributed by atoms with Crippen molar-refractivity contribution in [2.24, 2.45) is 11.3 Å². The van der Waals surface area contributed by atoms with E-state index in [1.54, 1.807) is 24.4 Å². The highest BCUT2D eigenvalue weighted by Crippen LogP contribution is 2.54. The van der Waals surface area contributed by atoms with Crippen LogP contribution in [0, 0.1) is 28.4 Å². The Morgan fingerprint density at radius 1 is 1.02 bits per heavy atom. The van der Waals surface area contributed by atoms with Gasteiger partial charge in [0.1, 0.15) is 23.8 Å². The molecule has 16 heteroatoms. The number of likely N-dealkylation sites (tertiary alicyclic amines) is 1. The van der Waals surface area contributed by atoms with Crippen molar-refractivity contribution in [1.82, 2.24) is 19.6 Å². The summed E-state index contributed by atoms with van der Waals surface area (Å²) < 4.78 is 42.3. The topological polar surface area (TPSA) is 192 Å². The van der Waals surface area contributed by atoms with Gasteiger partial charge in [-0.2, -0.15) is 0 Å². The maximum Gasteiger partial charge on any atom is 0.297 e. The van der Waals surface area contributed by atoms with E-state index in [1.807, 2.05) is 12.1 Å². The molecule has 3 aliphatic heterocycles. The van der Waals surface area contributed by atoms with Crippen molar-refractivity contribution in [3.63, 3.8) is 0 Å². The summed E-state index contributed by atoms with van der Waals surface area (Å²) in [6.45, 7) is 5.21. The van der Waals surface area contributed by atoms with Crippen LogP contribution in [0.4, 0.5) is 17.1 Å². The molecule has 4 fully saturated rings. The zero-order valence-corrected chi connectivity index (χ0v) is 36.1. The molecule has 2 atom stereocenters. The van der Waals surface area contributed by atoms with Crippen LogP contribution >= 0.6 is 0 Å². The Balaban J connectivity index is 0.862. The first-order valence-corrected chi connectivity index (χ1v) is 23.7. The van der Waals surface area contributed by atoms with Crippen molar-refractivity contribution in [3.8, 4) is 17.2 Å². The van der Waals surface area contributed by atoms with Gasteiger partial charge in [0.2, 0.25) is 0 Å². The Morgan fingerprint density at radius 3 is 2.59 bits per heavy atom. The van der Waals surface area contributed by atoms with Gasteiger partial charge in [-0.1, -0.05) is 24.3 Å². The van der Waals surface area contributed by atoms with Crippen molar-refractivity contribution in [2.75, 3.05) is 36.5 Å². The van der Waals surface area contributed by atoms with Gasteiger partial charge < -0.3 is 29.8 Å². The highest BCUT2D eigenvalue weighted by atomic mass is 32.2. The van der Waals surface area contributed by atoms with Crippen LogP contribution in [-0.2, 0) is 10.0 Å². The number of fused-ring (bicyclic) bond motifs is 2. The molecule has 3 aromatic carbocycles. The molecule has 0 radical (unpaired) electrons. The number of ether oxygens (including phenoxy) is 2. The van der Waals surface area contributed by atoms with Crippen LogP contribution in [0.1, 0.15) is 91.7 Å². The number of anilines is 2. The molecule has 2 saturated heterocycles. The summed E-state index contributed by atoms with van der Waals surface area (Å²) in [5.74, 6) is -0.323. The summed E-state index contributed by atoms with van der Waals surface area (Å²) >= 11 is 0. The Kier molecular flexibility index (Phi) is 10.8. The van der Waals surface area contributed by atoms with Crippen molar-refractivity contribution in [3.05, 3.63) is 106 Å². The maximum absolute atomic E-state index is 14.1. The molecule has 1 amide bonds. The lowest BCUT2D eigenvalue weighted by Crippen LogP contribution is -2.54. The minimum atomic E-state index is -4.65. The van der Waals surface area contributed by atoms with Crippen LogP contribution in [-0.4, -0.2) is 83.7 Å². The molecular formula is C47H53N7O8S. The number of aromatic nitrogens is 2. The molecule has 15 nitrogen and oxygen atoms in total. The summed E-state index contributed by atoms with van der Waals surface area (Å²) in [7, 11) is -4.65. The third kappa shape index (κ3) is 8.08. The van der Waals surface area contributed by atoms with E-state index in [-0.39, 0.29) is 47.4 Å². The molecule has 330 valence electrons. The van der Waals surface area contributed by atoms with E-state index >= 15 is 0 Å². The van der Waals surface area contributed by atoms with Gasteiger partial charge in [0, 0.05) is 60.6 Å². The molecule has 63 heavy (non-hydrogen) atoms. The number of aromatic amines is 1. The number of hydrogen-bond acceptors (Lipinski definition) is 12. The average molecular weight is 876 g/mol. The van der Waals surface area contributed by atoms with E-state index in [1.165, 1.54) is 49.1 Å². The normalized spacial score (nSPS) is 23.7. The minimum Gasteiger partial charge on any atom is -0.489 e. The van der Waals surface area contributed by atoms with Gasteiger partial charge in [0.25, 0.3) is 21.6 Å². The Labute approximate surface area is 366 Å². The molecule has 10 rings (SSSR count). The fraction of sp³-hybridized carbons (Fsp3) is 0.447. The summed E-state index contributed by atoms with van der Waals surface area (Å²) in [5.41, 5.74) is 4.22. The first kappa shape index (κ1) is 41.3. The number of aryl methyl sites for hydroxylation is 1. The van der Waals surface area contributed by atoms with E-state index in [0.717, 1.165) is 62.5 Å². The molecular weight excluding hydrogens is 823 g/mol. The molecule has 0 bridgehead atoms. The highest BCUT2D eigenvalue weighted by Gasteiger charge is 2.50. The smallest absolute Gasteiger partial charge is 0.297 e. The van der Waals surface area contributed by atoms with E-state index in [2.05, 4.69) is 61.0 Å². The number of nitro benzene ring substituents is 1. The number of nitrogens with zero attached hydrogens (tertiary/aromatic N) is 4. The van der Waals surface area contributed by atoms with Crippen molar-refractivity contribution in [1.29, 1.82) is 0 Å². The van der Waals surface area contributed by atoms with E-state index in [9.17, 15) is 28.4 Å². The van der Waals surface area contributed by atoms with Crippen LogP contribution in [0.3, 0.4) is 0 Å². The number of carbonyl (C=O) groups is 1. The van der Waals surface area contributed by atoms with Crippen molar-refractivity contribution in [2.45, 2.75) is 100 Å². The average Bonchev–Trinajstić information content (AvgIpc) is 3.95. The molecule has 2 saturated carbocycles. The lowest BCUT2D eigenvalue weighted by molar-refractivity contribution is -0.384. The van der Waals surface area contributed by atoms with Gasteiger partial charge in [0.15, 0.2) is 11.4 Å². The number of rotatable bonds is 10. The zero-order chi connectivity index (χ0) is 43.5. The second-order valence-corrected chi connectivity index (χ2v) is 20.0. The molecule has 4 N–H and O–H groups in total. The number of pyridine rings is 1. The van der Waals surface area contributed by atoms with Crippen molar-refractivity contribution < 1.29 is 32.7 Å². The standard InChI is InChI=1S/C47H53N7O8S/c1-29-5-2-3-6-37(29)40-7-4-18-53(40)33-25-47(26-33)15-19-52(20-16-47)32-10-13-38(42(22-32)62-35-21-31-14-17-48-45(31)49-27-35)46(56)51-63(59,60)36-23-41(54(57)58)44-43(24-36)61-28-39(50-44)30-8-11-34(55)12-9-30/h2-3,5-6,10,13-14,17,21-24,27,30,33-34,39-40,50,55H,4,7-9,11-12,15-16,18-20,25-26,28H2,1H3,(H,48,49)(H,51,56)/t30?,34?,39-,40-/m0/s1. The van der Waals surface area contributed by atoms with Crippen LogP contribution in [0.2, 0.25) is 0 Å². The minimum absolute atomic E-state index is 0.00776. The number of piperidine rings is 1. The number of aliphatic hydroxyl groups excluding tert-OH is 1. The number of carbonyl (C=O) groups excluding carboxylic acids is 1. The lowest BCUT2D eigenvalue weighted by Gasteiger charge is -2.56. The lowest BCUT2D eigenvalue weighted by atomic mass is 9.59. The van der Waals surface area contributed by atoms with E-state index in [0.29, 0.717) is 41.7 Å². The number of H-pyrrole nitrogens is 1. The largest absolute Gasteiger partial charge is 0.489 e. The summed E-state index contributed by atoms with van der Waals surface area (Å²) in [6, 6.07) is 20.6. The number of nitrogens with one attached hydrogen (secondary N) is 3. The number of hydrogen-bond donors (Lipinski definition) is 4. The Bertz CT molecular complexity index is 2660. The Morgan fingerprint density at radius 2 is 1.81 bits per heavy atom. The monoisotopic (exact) mass is 875 g/mol. The fourth-order valence-electron chi connectivity index (χ4n) is 11.0. The predicted octanol–water partition coefficient (Wildman–Crippen LogP) is 8.00. The summed E-state index contributed by atoms with van der Waals surface area (Å²) in [6.07, 6.45) is 12.6. The van der Waals surface area contributed by atoms with Crippen LogP contribution in [0.25, 0.3) is 11.0 Å². The SMILES string of the molecule is Cc1ccccc1[C@@H]1CCCN1C1CC2(CCN(c3ccc(C(=O)NS(=O)(=O)c4cc5c(c([N+](=O)[O-])c4)N[C@H](C4CCC(O)CC4)CO5)c(Oc4cnc5[nH]ccc5c4)c3)CC2)C1. The van der Waals surface area contributed by atoms with E-state index in [4.69, 9.17) is 9.47 Å². The van der Waals surface area contributed by atoms with E-state index < -0.39 is 31.4 Å².